The highest BCUT2D eigenvalue weighted by molar-refractivity contribution is 5.84. The third-order valence-corrected chi connectivity index (χ3v) is 4.72. The number of carbonyl (C=O) groups is 1. The van der Waals surface area contributed by atoms with Crippen molar-refractivity contribution in [3.8, 4) is 0 Å². The van der Waals surface area contributed by atoms with Crippen molar-refractivity contribution in [1.29, 1.82) is 0 Å². The highest BCUT2D eigenvalue weighted by Gasteiger charge is 2.43. The van der Waals surface area contributed by atoms with Gasteiger partial charge in [0.1, 0.15) is 5.78 Å². The van der Waals surface area contributed by atoms with Crippen LogP contribution in [0.1, 0.15) is 53.4 Å². The van der Waals surface area contributed by atoms with Gasteiger partial charge in [-0.25, -0.2) is 0 Å². The smallest absolute Gasteiger partial charge is 0.139 e. The Morgan fingerprint density at radius 2 is 2.00 bits per heavy atom. The molecule has 0 radical (unpaired) electrons. The number of hydrogen-bond acceptors (Lipinski definition) is 1. The Morgan fingerprint density at radius 1 is 1.31 bits per heavy atom. The maximum absolute atomic E-state index is 12.3. The Balaban J connectivity index is 2.37. The number of fused-ring (bicyclic) bond motifs is 1. The molecule has 0 aliphatic heterocycles. The van der Waals surface area contributed by atoms with Crippen molar-refractivity contribution in [2.75, 3.05) is 0 Å². The number of rotatable bonds is 0. The van der Waals surface area contributed by atoms with Gasteiger partial charge in [0, 0.05) is 11.8 Å². The summed E-state index contributed by atoms with van der Waals surface area (Å²) in [6, 6.07) is 0. The van der Waals surface area contributed by atoms with Crippen molar-refractivity contribution in [3.05, 3.63) is 11.6 Å². The Hall–Kier alpha value is -0.590. The minimum absolute atomic E-state index is 0.279. The van der Waals surface area contributed by atoms with Crippen molar-refractivity contribution < 1.29 is 4.79 Å². The van der Waals surface area contributed by atoms with E-state index in [0.29, 0.717) is 23.0 Å². The Morgan fingerprint density at radius 3 is 2.69 bits per heavy atom. The highest BCUT2D eigenvalue weighted by Crippen LogP contribution is 2.47. The van der Waals surface area contributed by atoms with E-state index in [0.717, 1.165) is 19.3 Å². The zero-order valence-electron chi connectivity index (χ0n) is 11.0. The standard InChI is InChI=1S/C15H24O/c1-10-5-6-12-13(9-10)15(3,4)8-7-11(2)14(12)16/h9,11-13H,5-8H2,1-4H3/t11-,12-,13+/m0/s1. The topological polar surface area (TPSA) is 17.1 Å². The maximum atomic E-state index is 12.3. The number of allylic oxidation sites excluding steroid dienone is 2. The van der Waals surface area contributed by atoms with E-state index in [9.17, 15) is 4.79 Å². The van der Waals surface area contributed by atoms with Crippen LogP contribution in [0.4, 0.5) is 0 Å². The minimum atomic E-state index is 0.279. The summed E-state index contributed by atoms with van der Waals surface area (Å²) in [6.07, 6.45) is 6.86. The summed E-state index contributed by atoms with van der Waals surface area (Å²) in [4.78, 5) is 12.3. The van der Waals surface area contributed by atoms with Crippen LogP contribution >= 0.6 is 0 Å². The zero-order valence-corrected chi connectivity index (χ0v) is 11.0. The first-order chi connectivity index (χ1) is 7.42. The molecule has 2 aliphatic rings. The highest BCUT2D eigenvalue weighted by atomic mass is 16.1. The van der Waals surface area contributed by atoms with Gasteiger partial charge < -0.3 is 0 Å². The quantitative estimate of drug-likeness (QED) is 0.564. The average Bonchev–Trinajstić information content (AvgIpc) is 2.31. The number of carbonyl (C=O) groups excluding carboxylic acids is 1. The summed E-state index contributed by atoms with van der Waals surface area (Å²) >= 11 is 0. The average molecular weight is 220 g/mol. The Bertz CT molecular complexity index is 324. The van der Waals surface area contributed by atoms with Crippen LogP contribution in [-0.4, -0.2) is 5.78 Å². The van der Waals surface area contributed by atoms with E-state index in [1.807, 2.05) is 0 Å². The van der Waals surface area contributed by atoms with Gasteiger partial charge in [0.2, 0.25) is 0 Å². The van der Waals surface area contributed by atoms with Gasteiger partial charge in [0.15, 0.2) is 0 Å². The summed E-state index contributed by atoms with van der Waals surface area (Å²) in [5.41, 5.74) is 1.78. The van der Waals surface area contributed by atoms with Crippen LogP contribution in [0.25, 0.3) is 0 Å². The molecule has 16 heavy (non-hydrogen) atoms. The summed E-state index contributed by atoms with van der Waals surface area (Å²) in [6.45, 7) is 9.01. The molecule has 3 atom stereocenters. The molecule has 2 rings (SSSR count). The molecule has 0 spiro atoms. The molecule has 1 saturated carbocycles. The molecule has 0 N–H and O–H groups in total. The second-order valence-corrected chi connectivity index (χ2v) is 6.51. The number of ketones is 1. The summed E-state index contributed by atoms with van der Waals surface area (Å²) < 4.78 is 0. The van der Waals surface area contributed by atoms with Gasteiger partial charge in [-0.15, -0.1) is 0 Å². The van der Waals surface area contributed by atoms with E-state index in [1.54, 1.807) is 0 Å². The normalized spacial score (nSPS) is 38.6. The minimum Gasteiger partial charge on any atom is -0.299 e. The molecule has 0 amide bonds. The van der Waals surface area contributed by atoms with Gasteiger partial charge in [-0.3, -0.25) is 4.79 Å². The number of hydrogen-bond donors (Lipinski definition) is 0. The van der Waals surface area contributed by atoms with Crippen LogP contribution in [-0.2, 0) is 4.79 Å². The van der Waals surface area contributed by atoms with Crippen LogP contribution in [0.5, 0.6) is 0 Å². The molecule has 0 bridgehead atoms. The molecular weight excluding hydrogens is 196 g/mol. The molecule has 0 unspecified atom stereocenters. The van der Waals surface area contributed by atoms with Gasteiger partial charge in [0.05, 0.1) is 0 Å². The van der Waals surface area contributed by atoms with E-state index >= 15 is 0 Å². The molecular formula is C15H24O. The first kappa shape index (κ1) is 11.9. The van der Waals surface area contributed by atoms with Crippen molar-refractivity contribution in [1.82, 2.24) is 0 Å². The first-order valence-corrected chi connectivity index (χ1v) is 6.63. The number of Topliss-reactive ketones (excluding diaryl/α,β-unsaturated/α-hetero) is 1. The van der Waals surface area contributed by atoms with Gasteiger partial charge in [-0.05, 0) is 43.9 Å². The summed E-state index contributed by atoms with van der Waals surface area (Å²) in [5, 5.41) is 0. The van der Waals surface area contributed by atoms with Gasteiger partial charge in [-0.1, -0.05) is 32.4 Å². The molecule has 0 aromatic heterocycles. The van der Waals surface area contributed by atoms with Crippen molar-refractivity contribution >= 4 is 5.78 Å². The van der Waals surface area contributed by atoms with E-state index in [-0.39, 0.29) is 5.92 Å². The van der Waals surface area contributed by atoms with Gasteiger partial charge in [0.25, 0.3) is 0 Å². The molecule has 0 aromatic carbocycles. The molecule has 0 heterocycles. The molecule has 0 saturated heterocycles. The maximum Gasteiger partial charge on any atom is 0.139 e. The third kappa shape index (κ3) is 1.97. The molecule has 2 aliphatic carbocycles. The predicted molar refractivity (Wildman–Crippen MR) is 67.2 cm³/mol. The fourth-order valence-corrected chi connectivity index (χ4v) is 3.42. The first-order valence-electron chi connectivity index (χ1n) is 6.63. The SMILES string of the molecule is CC1=C[C@@H]2[C@H](CC1)C(=O)[C@@H](C)CCC2(C)C. The van der Waals surface area contributed by atoms with Crippen LogP contribution in [0.3, 0.4) is 0 Å². The Labute approximate surface area is 99.3 Å². The summed E-state index contributed by atoms with van der Waals surface area (Å²) in [7, 11) is 0. The largest absolute Gasteiger partial charge is 0.299 e. The second kappa shape index (κ2) is 4.01. The summed E-state index contributed by atoms with van der Waals surface area (Å²) in [5.74, 6) is 1.59. The predicted octanol–water partition coefficient (Wildman–Crippen LogP) is 3.98. The van der Waals surface area contributed by atoms with Crippen LogP contribution in [0, 0.1) is 23.2 Å². The lowest BCUT2D eigenvalue weighted by molar-refractivity contribution is -0.127. The van der Waals surface area contributed by atoms with E-state index in [1.165, 1.54) is 12.0 Å². The van der Waals surface area contributed by atoms with E-state index in [2.05, 4.69) is 33.8 Å². The Kier molecular flexibility index (Phi) is 2.98. The lowest BCUT2D eigenvalue weighted by Gasteiger charge is -2.38. The van der Waals surface area contributed by atoms with E-state index < -0.39 is 0 Å². The fraction of sp³-hybridized carbons (Fsp3) is 0.800. The molecule has 90 valence electrons. The van der Waals surface area contributed by atoms with Crippen LogP contribution < -0.4 is 0 Å². The zero-order chi connectivity index (χ0) is 11.9. The molecule has 0 aromatic rings. The molecule has 1 nitrogen and oxygen atoms in total. The van der Waals surface area contributed by atoms with Crippen molar-refractivity contribution in [3.63, 3.8) is 0 Å². The van der Waals surface area contributed by atoms with Crippen molar-refractivity contribution in [2.24, 2.45) is 23.2 Å². The van der Waals surface area contributed by atoms with Crippen molar-refractivity contribution in [2.45, 2.75) is 53.4 Å². The lowest BCUT2D eigenvalue weighted by Crippen LogP contribution is -2.34. The fourth-order valence-electron chi connectivity index (χ4n) is 3.42. The third-order valence-electron chi connectivity index (χ3n) is 4.72. The second-order valence-electron chi connectivity index (χ2n) is 6.51. The van der Waals surface area contributed by atoms with Crippen LogP contribution in [0.2, 0.25) is 0 Å². The van der Waals surface area contributed by atoms with Crippen LogP contribution in [0.15, 0.2) is 11.6 Å². The lowest BCUT2D eigenvalue weighted by atomic mass is 9.66. The van der Waals surface area contributed by atoms with Gasteiger partial charge in [-0.2, -0.15) is 0 Å². The van der Waals surface area contributed by atoms with Gasteiger partial charge >= 0.3 is 0 Å². The molecule has 1 heteroatoms. The van der Waals surface area contributed by atoms with E-state index in [4.69, 9.17) is 0 Å². The monoisotopic (exact) mass is 220 g/mol. The molecule has 1 fully saturated rings.